The second-order valence-electron chi connectivity index (χ2n) is 5.65. The Morgan fingerprint density at radius 3 is 2.60 bits per heavy atom. The number of alkyl halides is 3. The summed E-state index contributed by atoms with van der Waals surface area (Å²) in [5.41, 5.74) is -0.868. The first-order valence-electron chi connectivity index (χ1n) is 7.64. The second-order valence-corrected chi connectivity index (χ2v) is 5.65. The van der Waals surface area contributed by atoms with Crippen LogP contribution in [0.5, 0.6) is 0 Å². The molecule has 0 atom stereocenters. The zero-order valence-corrected chi connectivity index (χ0v) is 13.3. The highest BCUT2D eigenvalue weighted by Gasteiger charge is 2.31. The molecular formula is C17H15F3N2O3. The third-order valence-corrected chi connectivity index (χ3v) is 3.98. The van der Waals surface area contributed by atoms with E-state index in [9.17, 15) is 22.8 Å². The average Bonchev–Trinajstić information content (AvgIpc) is 3.08. The van der Waals surface area contributed by atoms with Gasteiger partial charge in [-0.1, -0.05) is 6.07 Å². The van der Waals surface area contributed by atoms with Crippen LogP contribution in [0.3, 0.4) is 0 Å². The summed E-state index contributed by atoms with van der Waals surface area (Å²) in [6.45, 7) is 2.38. The van der Waals surface area contributed by atoms with Gasteiger partial charge in [-0.15, -0.1) is 0 Å². The summed E-state index contributed by atoms with van der Waals surface area (Å²) >= 11 is 0. The van der Waals surface area contributed by atoms with Gasteiger partial charge in [0, 0.05) is 17.4 Å². The van der Waals surface area contributed by atoms with Crippen LogP contribution in [-0.4, -0.2) is 28.7 Å². The number of carbonyl (C=O) groups is 1. The maximum atomic E-state index is 12.9. The lowest BCUT2D eigenvalue weighted by Gasteiger charge is -2.18. The minimum Gasteiger partial charge on any atom is -0.281 e. The Kier molecular flexibility index (Phi) is 4.38. The van der Waals surface area contributed by atoms with Gasteiger partial charge < -0.3 is 0 Å². The molecule has 3 rings (SSSR count). The van der Waals surface area contributed by atoms with Crippen LogP contribution >= 0.6 is 0 Å². The van der Waals surface area contributed by atoms with Crippen molar-refractivity contribution in [2.45, 2.75) is 19.5 Å². The van der Waals surface area contributed by atoms with Crippen LogP contribution in [-0.2, 0) is 11.0 Å². The molecule has 0 aliphatic carbocycles. The zero-order valence-electron chi connectivity index (χ0n) is 13.3. The van der Waals surface area contributed by atoms with Crippen molar-refractivity contribution in [3.05, 3.63) is 63.6 Å². The van der Waals surface area contributed by atoms with Gasteiger partial charge in [-0.05, 0) is 37.6 Å². The van der Waals surface area contributed by atoms with Gasteiger partial charge in [0.1, 0.15) is 0 Å². The largest absolute Gasteiger partial charge is 0.416 e. The number of amides is 1. The molecule has 0 N–H and O–H groups in total. The van der Waals surface area contributed by atoms with E-state index in [1.165, 1.54) is 30.2 Å². The van der Waals surface area contributed by atoms with Crippen molar-refractivity contribution >= 4 is 5.91 Å². The Balaban J connectivity index is 2.09. The number of hydrogen-bond donors (Lipinski definition) is 0. The van der Waals surface area contributed by atoms with Crippen molar-refractivity contribution in [2.75, 3.05) is 13.2 Å². The summed E-state index contributed by atoms with van der Waals surface area (Å²) in [6, 6.07) is 6.96. The van der Waals surface area contributed by atoms with Crippen molar-refractivity contribution in [3.8, 4) is 5.69 Å². The number of aromatic nitrogens is 1. The van der Waals surface area contributed by atoms with Crippen LogP contribution in [0, 0.1) is 6.92 Å². The first-order valence-corrected chi connectivity index (χ1v) is 7.64. The molecule has 1 aliphatic heterocycles. The summed E-state index contributed by atoms with van der Waals surface area (Å²) in [7, 11) is 0. The second kappa shape index (κ2) is 6.36. The molecule has 1 aliphatic rings. The minimum absolute atomic E-state index is 0.0503. The molecule has 8 heteroatoms. The van der Waals surface area contributed by atoms with Crippen molar-refractivity contribution in [3.63, 3.8) is 0 Å². The Bertz CT molecular complexity index is 868. The number of nitrogens with zero attached hydrogens (tertiary/aromatic N) is 2. The van der Waals surface area contributed by atoms with Gasteiger partial charge in [0.05, 0.1) is 24.3 Å². The van der Waals surface area contributed by atoms with Crippen molar-refractivity contribution in [1.29, 1.82) is 0 Å². The smallest absolute Gasteiger partial charge is 0.281 e. The Morgan fingerprint density at radius 2 is 1.96 bits per heavy atom. The lowest BCUT2D eigenvalue weighted by molar-refractivity contribution is -0.137. The van der Waals surface area contributed by atoms with E-state index in [2.05, 4.69) is 0 Å². The maximum absolute atomic E-state index is 12.9. The van der Waals surface area contributed by atoms with Gasteiger partial charge in [0.15, 0.2) is 0 Å². The third kappa shape index (κ3) is 3.30. The van der Waals surface area contributed by atoms with E-state index in [1.807, 2.05) is 0 Å². The summed E-state index contributed by atoms with van der Waals surface area (Å²) in [5.74, 6) is -0.421. The first-order chi connectivity index (χ1) is 11.8. The highest BCUT2D eigenvalue weighted by atomic mass is 19.4. The molecule has 2 aromatic rings. The van der Waals surface area contributed by atoms with Crippen LogP contribution in [0.4, 0.5) is 13.2 Å². The van der Waals surface area contributed by atoms with E-state index in [-0.39, 0.29) is 16.9 Å². The normalized spacial score (nSPS) is 14.8. The van der Waals surface area contributed by atoms with Gasteiger partial charge >= 0.3 is 6.18 Å². The quantitative estimate of drug-likeness (QED) is 0.835. The van der Waals surface area contributed by atoms with Gasteiger partial charge in [-0.25, -0.2) is 5.06 Å². The molecule has 0 radical (unpaired) electrons. The van der Waals surface area contributed by atoms with Gasteiger partial charge in [0.2, 0.25) is 0 Å². The van der Waals surface area contributed by atoms with Crippen molar-refractivity contribution in [2.24, 2.45) is 0 Å². The molecule has 25 heavy (non-hydrogen) atoms. The standard InChI is InChI=1S/C17H15F3N2O3/c1-11-14(16(24)21-8-3-9-25-21)6-7-15(23)22(11)13-5-2-4-12(10-13)17(18,19)20/h2,4-7,10H,3,8-9H2,1H3. The van der Waals surface area contributed by atoms with Gasteiger partial charge in [-0.3, -0.25) is 19.0 Å². The number of rotatable bonds is 2. The summed E-state index contributed by atoms with van der Waals surface area (Å²) < 4.78 is 39.9. The first kappa shape index (κ1) is 17.2. The molecule has 0 saturated carbocycles. The molecular weight excluding hydrogens is 337 g/mol. The molecule has 1 amide bonds. The molecule has 5 nitrogen and oxygen atoms in total. The lowest BCUT2D eigenvalue weighted by Crippen LogP contribution is -2.30. The maximum Gasteiger partial charge on any atom is 0.416 e. The Morgan fingerprint density at radius 1 is 1.20 bits per heavy atom. The van der Waals surface area contributed by atoms with Gasteiger partial charge in [-0.2, -0.15) is 13.2 Å². The fraction of sp³-hybridized carbons (Fsp3) is 0.294. The Hall–Kier alpha value is -2.61. The molecule has 0 spiro atoms. The van der Waals surface area contributed by atoms with E-state index in [0.29, 0.717) is 19.6 Å². The Labute approximate surface area is 141 Å². The predicted molar refractivity (Wildman–Crippen MR) is 83.4 cm³/mol. The number of benzene rings is 1. The molecule has 1 aromatic heterocycles. The van der Waals surface area contributed by atoms with Crippen LogP contribution in [0.15, 0.2) is 41.2 Å². The monoisotopic (exact) mass is 352 g/mol. The van der Waals surface area contributed by atoms with Crippen LogP contribution in [0.1, 0.15) is 28.0 Å². The van der Waals surface area contributed by atoms with Gasteiger partial charge in [0.25, 0.3) is 11.5 Å². The van der Waals surface area contributed by atoms with E-state index < -0.39 is 23.2 Å². The fourth-order valence-corrected chi connectivity index (χ4v) is 2.75. The van der Waals surface area contributed by atoms with E-state index in [4.69, 9.17) is 4.84 Å². The van der Waals surface area contributed by atoms with Crippen molar-refractivity contribution in [1.82, 2.24) is 9.63 Å². The predicted octanol–water partition coefficient (Wildman–Crippen LogP) is 2.94. The third-order valence-electron chi connectivity index (χ3n) is 3.98. The molecule has 2 heterocycles. The molecule has 1 fully saturated rings. The zero-order chi connectivity index (χ0) is 18.2. The lowest BCUT2D eigenvalue weighted by atomic mass is 10.1. The van der Waals surface area contributed by atoms with E-state index >= 15 is 0 Å². The van der Waals surface area contributed by atoms with Crippen LogP contribution in [0.2, 0.25) is 0 Å². The minimum atomic E-state index is -4.52. The molecule has 1 aromatic carbocycles. The topological polar surface area (TPSA) is 51.5 Å². The highest BCUT2D eigenvalue weighted by molar-refractivity contribution is 5.94. The highest BCUT2D eigenvalue weighted by Crippen LogP contribution is 2.30. The number of hydrogen-bond acceptors (Lipinski definition) is 3. The van der Waals surface area contributed by atoms with Crippen LogP contribution in [0.25, 0.3) is 5.69 Å². The van der Waals surface area contributed by atoms with Crippen molar-refractivity contribution < 1.29 is 22.8 Å². The SMILES string of the molecule is Cc1c(C(=O)N2CCCO2)ccc(=O)n1-c1cccc(C(F)(F)F)c1. The molecule has 1 saturated heterocycles. The summed E-state index contributed by atoms with van der Waals surface area (Å²) in [6.07, 6.45) is -3.82. The van der Waals surface area contributed by atoms with E-state index in [1.54, 1.807) is 0 Å². The summed E-state index contributed by atoms with van der Waals surface area (Å²) in [5, 5.41) is 1.20. The average molecular weight is 352 g/mol. The number of halogens is 3. The molecule has 132 valence electrons. The number of pyridine rings is 1. The number of hydroxylamine groups is 2. The molecule has 0 unspecified atom stereocenters. The van der Waals surface area contributed by atoms with Crippen LogP contribution < -0.4 is 5.56 Å². The fourth-order valence-electron chi connectivity index (χ4n) is 2.75. The van der Waals surface area contributed by atoms with E-state index in [0.717, 1.165) is 22.8 Å². The molecule has 0 bridgehead atoms. The number of carbonyl (C=O) groups excluding carboxylic acids is 1. The summed E-state index contributed by atoms with van der Waals surface area (Å²) in [4.78, 5) is 29.9.